The number of amides is 1. The van der Waals surface area contributed by atoms with E-state index < -0.39 is 10.0 Å². The van der Waals surface area contributed by atoms with Gasteiger partial charge in [0.05, 0.1) is 12.0 Å². The van der Waals surface area contributed by atoms with E-state index in [2.05, 4.69) is 9.46 Å². The maximum Gasteiger partial charge on any atom is 0.409 e. The molecule has 0 aliphatic carbocycles. The highest BCUT2D eigenvalue weighted by Gasteiger charge is 2.25. The summed E-state index contributed by atoms with van der Waals surface area (Å²) in [4.78, 5) is 13.3. The van der Waals surface area contributed by atoms with Gasteiger partial charge in [-0.05, 0) is 43.4 Å². The molecule has 23 heavy (non-hydrogen) atoms. The smallest absolute Gasteiger partial charge is 0.409 e. The molecule has 1 heterocycles. The van der Waals surface area contributed by atoms with E-state index in [1.54, 1.807) is 24.0 Å². The molecule has 0 radical (unpaired) electrons. The van der Waals surface area contributed by atoms with Crippen molar-refractivity contribution in [1.29, 1.82) is 0 Å². The van der Waals surface area contributed by atoms with Crippen molar-refractivity contribution < 1.29 is 17.9 Å². The lowest BCUT2D eigenvalue weighted by atomic mass is 9.97. The van der Waals surface area contributed by atoms with Crippen molar-refractivity contribution in [3.8, 4) is 0 Å². The number of ether oxygens (including phenoxy) is 1. The predicted octanol–water partition coefficient (Wildman–Crippen LogP) is 2.41. The number of hydrogen-bond acceptors (Lipinski definition) is 4. The van der Waals surface area contributed by atoms with Gasteiger partial charge >= 0.3 is 6.09 Å². The van der Waals surface area contributed by atoms with E-state index in [0.29, 0.717) is 30.2 Å². The molecule has 0 saturated carbocycles. The van der Waals surface area contributed by atoms with Crippen LogP contribution in [0, 0.1) is 12.8 Å². The Morgan fingerprint density at radius 2 is 2.04 bits per heavy atom. The summed E-state index contributed by atoms with van der Waals surface area (Å²) in [5.41, 5.74) is 0.655. The second-order valence-corrected chi connectivity index (χ2v) is 7.83. The molecule has 1 aliphatic rings. The molecule has 1 aromatic carbocycles. The number of nitrogens with zero attached hydrogens (tertiary/aromatic N) is 1. The number of sulfonamides is 1. The molecule has 0 unspecified atom stereocenters. The quantitative estimate of drug-likeness (QED) is 0.894. The van der Waals surface area contributed by atoms with Crippen LogP contribution in [0.4, 0.5) is 4.79 Å². The van der Waals surface area contributed by atoms with Crippen molar-refractivity contribution in [1.82, 2.24) is 9.62 Å². The van der Waals surface area contributed by atoms with Gasteiger partial charge in [0.1, 0.15) is 0 Å². The first-order valence-electron chi connectivity index (χ1n) is 7.42. The molecule has 1 aliphatic heterocycles. The van der Waals surface area contributed by atoms with E-state index >= 15 is 0 Å². The van der Waals surface area contributed by atoms with Crippen LogP contribution in [-0.2, 0) is 14.8 Å². The molecule has 8 heteroatoms. The third-order valence-corrected chi connectivity index (χ3v) is 5.85. The Labute approximate surface area is 141 Å². The Kier molecular flexibility index (Phi) is 5.89. The standard InChI is InChI=1S/C15H21ClN2O4S/c1-11-3-4-13(16)9-14(11)23(20,21)17-10-12-5-7-18(8-6-12)15(19)22-2/h3-4,9,12,17H,5-8,10H2,1-2H3. The van der Waals surface area contributed by atoms with Crippen LogP contribution in [0.25, 0.3) is 0 Å². The minimum Gasteiger partial charge on any atom is -0.453 e. The van der Waals surface area contributed by atoms with Crippen LogP contribution in [0.1, 0.15) is 18.4 Å². The Bertz CT molecular complexity index is 670. The van der Waals surface area contributed by atoms with E-state index in [1.165, 1.54) is 13.2 Å². The van der Waals surface area contributed by atoms with Gasteiger partial charge in [-0.3, -0.25) is 0 Å². The van der Waals surface area contributed by atoms with Crippen LogP contribution in [0.3, 0.4) is 0 Å². The second kappa shape index (κ2) is 7.51. The molecule has 1 N–H and O–H groups in total. The first kappa shape index (κ1) is 18.0. The van der Waals surface area contributed by atoms with Crippen molar-refractivity contribution in [2.75, 3.05) is 26.7 Å². The Hall–Kier alpha value is -1.31. The van der Waals surface area contributed by atoms with E-state index in [1.807, 2.05) is 0 Å². The van der Waals surface area contributed by atoms with Gasteiger partial charge in [-0.15, -0.1) is 0 Å². The van der Waals surface area contributed by atoms with Crippen LogP contribution < -0.4 is 4.72 Å². The van der Waals surface area contributed by atoms with E-state index in [9.17, 15) is 13.2 Å². The van der Waals surface area contributed by atoms with Crippen LogP contribution in [-0.4, -0.2) is 46.2 Å². The number of halogens is 1. The molecule has 1 amide bonds. The number of piperidine rings is 1. The molecule has 1 fully saturated rings. The zero-order valence-electron chi connectivity index (χ0n) is 13.2. The number of benzene rings is 1. The molecule has 128 valence electrons. The number of methoxy groups -OCH3 is 1. The zero-order chi connectivity index (χ0) is 17.0. The maximum atomic E-state index is 12.4. The van der Waals surface area contributed by atoms with Gasteiger partial charge in [-0.25, -0.2) is 17.9 Å². The number of hydrogen-bond donors (Lipinski definition) is 1. The predicted molar refractivity (Wildman–Crippen MR) is 88.1 cm³/mol. The number of carbonyl (C=O) groups excluding carboxylic acids is 1. The monoisotopic (exact) mass is 360 g/mol. The number of nitrogens with one attached hydrogen (secondary N) is 1. The SMILES string of the molecule is COC(=O)N1CCC(CNS(=O)(=O)c2cc(Cl)ccc2C)CC1. The Morgan fingerprint density at radius 1 is 1.39 bits per heavy atom. The Balaban J connectivity index is 1.93. The molecule has 0 spiro atoms. The Morgan fingerprint density at radius 3 is 2.65 bits per heavy atom. The van der Waals surface area contributed by atoms with Gasteiger partial charge in [0.2, 0.25) is 10.0 Å². The summed E-state index contributed by atoms with van der Waals surface area (Å²) in [6.07, 6.45) is 1.15. The van der Waals surface area contributed by atoms with Gasteiger partial charge in [0, 0.05) is 24.7 Å². The normalized spacial score (nSPS) is 16.4. The van der Waals surface area contributed by atoms with Gasteiger partial charge in [0.25, 0.3) is 0 Å². The summed E-state index contributed by atoms with van der Waals surface area (Å²) in [6, 6.07) is 4.81. The maximum absolute atomic E-state index is 12.4. The topological polar surface area (TPSA) is 75.7 Å². The molecule has 2 rings (SSSR count). The fourth-order valence-electron chi connectivity index (χ4n) is 2.62. The van der Waals surface area contributed by atoms with Crippen LogP contribution >= 0.6 is 11.6 Å². The van der Waals surface area contributed by atoms with E-state index in [0.717, 1.165) is 12.8 Å². The molecule has 1 aromatic rings. The van der Waals surface area contributed by atoms with Crippen molar-refractivity contribution in [2.45, 2.75) is 24.7 Å². The van der Waals surface area contributed by atoms with Crippen molar-refractivity contribution in [3.05, 3.63) is 28.8 Å². The number of rotatable bonds is 4. The molecule has 6 nitrogen and oxygen atoms in total. The summed E-state index contributed by atoms with van der Waals surface area (Å²) >= 11 is 5.89. The fourth-order valence-corrected chi connectivity index (χ4v) is 4.24. The summed E-state index contributed by atoms with van der Waals surface area (Å²) < 4.78 is 32.2. The number of carbonyl (C=O) groups is 1. The van der Waals surface area contributed by atoms with Gasteiger partial charge in [-0.2, -0.15) is 0 Å². The van der Waals surface area contributed by atoms with Crippen LogP contribution in [0.5, 0.6) is 0 Å². The molecular formula is C15H21ClN2O4S. The lowest BCUT2D eigenvalue weighted by Crippen LogP contribution is -2.41. The lowest BCUT2D eigenvalue weighted by Gasteiger charge is -2.30. The minimum atomic E-state index is -3.59. The average Bonchev–Trinajstić information content (AvgIpc) is 2.55. The highest BCUT2D eigenvalue weighted by Crippen LogP contribution is 2.21. The van der Waals surface area contributed by atoms with Crippen molar-refractivity contribution in [2.24, 2.45) is 5.92 Å². The second-order valence-electron chi connectivity index (χ2n) is 5.66. The summed E-state index contributed by atoms with van der Waals surface area (Å²) in [5, 5.41) is 0.391. The first-order chi connectivity index (χ1) is 10.8. The number of aryl methyl sites for hydroxylation is 1. The third kappa shape index (κ3) is 4.59. The third-order valence-electron chi connectivity index (χ3n) is 4.05. The fraction of sp³-hybridized carbons (Fsp3) is 0.533. The van der Waals surface area contributed by atoms with E-state index in [-0.39, 0.29) is 16.9 Å². The molecule has 0 aromatic heterocycles. The van der Waals surface area contributed by atoms with Crippen LogP contribution in [0.2, 0.25) is 5.02 Å². The molecular weight excluding hydrogens is 340 g/mol. The molecule has 0 atom stereocenters. The van der Waals surface area contributed by atoms with Gasteiger partial charge < -0.3 is 9.64 Å². The lowest BCUT2D eigenvalue weighted by molar-refractivity contribution is 0.106. The first-order valence-corrected chi connectivity index (χ1v) is 9.28. The largest absolute Gasteiger partial charge is 0.453 e. The highest BCUT2D eigenvalue weighted by molar-refractivity contribution is 7.89. The zero-order valence-corrected chi connectivity index (χ0v) is 14.8. The van der Waals surface area contributed by atoms with E-state index in [4.69, 9.17) is 11.6 Å². The van der Waals surface area contributed by atoms with Crippen LogP contribution in [0.15, 0.2) is 23.1 Å². The number of likely N-dealkylation sites (tertiary alicyclic amines) is 1. The summed E-state index contributed by atoms with van der Waals surface area (Å²) in [7, 11) is -2.23. The molecule has 1 saturated heterocycles. The average molecular weight is 361 g/mol. The summed E-state index contributed by atoms with van der Waals surface area (Å²) in [5.74, 6) is 0.199. The minimum absolute atomic E-state index is 0.199. The van der Waals surface area contributed by atoms with Crippen molar-refractivity contribution >= 4 is 27.7 Å². The molecule has 0 bridgehead atoms. The summed E-state index contributed by atoms with van der Waals surface area (Å²) in [6.45, 7) is 3.24. The highest BCUT2D eigenvalue weighted by atomic mass is 35.5. The van der Waals surface area contributed by atoms with Crippen molar-refractivity contribution in [3.63, 3.8) is 0 Å². The van der Waals surface area contributed by atoms with Gasteiger partial charge in [-0.1, -0.05) is 17.7 Å². The van der Waals surface area contributed by atoms with Gasteiger partial charge in [0.15, 0.2) is 0 Å².